The molecule has 6 heteroatoms. The van der Waals surface area contributed by atoms with Gasteiger partial charge in [0, 0.05) is 17.7 Å². The number of carboxylic acids is 1. The Morgan fingerprint density at radius 3 is 2.48 bits per heavy atom. The highest BCUT2D eigenvalue weighted by molar-refractivity contribution is 7.17. The first-order chi connectivity index (χ1) is 11.6. The Balaban J connectivity index is 2.17. The van der Waals surface area contributed by atoms with Crippen molar-refractivity contribution in [2.75, 3.05) is 5.32 Å². The van der Waals surface area contributed by atoms with Crippen LogP contribution < -0.4 is 5.32 Å². The molecule has 2 rings (SSSR count). The van der Waals surface area contributed by atoms with Crippen molar-refractivity contribution in [1.82, 2.24) is 0 Å². The first-order valence-corrected chi connectivity index (χ1v) is 9.58. The van der Waals surface area contributed by atoms with Crippen molar-refractivity contribution in [2.24, 2.45) is 11.3 Å². The van der Waals surface area contributed by atoms with Crippen LogP contribution in [0.5, 0.6) is 0 Å². The Morgan fingerprint density at radius 2 is 1.92 bits per heavy atom. The molecule has 1 unspecified atom stereocenters. The van der Waals surface area contributed by atoms with Gasteiger partial charge in [-0.1, -0.05) is 20.8 Å². The van der Waals surface area contributed by atoms with Crippen LogP contribution in [0.3, 0.4) is 0 Å². The highest BCUT2D eigenvalue weighted by Gasteiger charge is 2.33. The van der Waals surface area contributed by atoms with Crippen molar-refractivity contribution >= 4 is 34.0 Å². The molecule has 0 aliphatic heterocycles. The van der Waals surface area contributed by atoms with E-state index in [1.165, 1.54) is 18.3 Å². The second kappa shape index (κ2) is 7.68. The number of hydrogen-bond donors (Lipinski definition) is 2. The normalized spacial score (nSPS) is 17.0. The van der Waals surface area contributed by atoms with Gasteiger partial charge in [-0.25, -0.2) is 4.79 Å². The number of hydrogen-bond acceptors (Lipinski definition) is 4. The molecule has 1 amide bonds. The number of anilines is 1. The first-order valence-electron chi connectivity index (χ1n) is 8.76. The SMILES string of the molecule is CC(=O)CCCC(=O)Nc1sc2c(c1C(=O)O)CCC(C(C)(C)C)C2. The van der Waals surface area contributed by atoms with Gasteiger partial charge < -0.3 is 15.2 Å². The largest absolute Gasteiger partial charge is 0.478 e. The zero-order chi connectivity index (χ0) is 18.8. The number of amides is 1. The van der Waals surface area contributed by atoms with Gasteiger partial charge in [0.05, 0.1) is 5.56 Å². The van der Waals surface area contributed by atoms with E-state index in [1.807, 2.05) is 0 Å². The highest BCUT2D eigenvalue weighted by atomic mass is 32.1. The molecule has 1 heterocycles. The molecule has 0 saturated carbocycles. The van der Waals surface area contributed by atoms with E-state index in [-0.39, 0.29) is 29.1 Å². The number of rotatable bonds is 6. The minimum Gasteiger partial charge on any atom is -0.478 e. The van der Waals surface area contributed by atoms with E-state index in [2.05, 4.69) is 26.1 Å². The molecule has 138 valence electrons. The van der Waals surface area contributed by atoms with Crippen LogP contribution in [-0.4, -0.2) is 22.8 Å². The average Bonchev–Trinajstić information content (AvgIpc) is 2.82. The van der Waals surface area contributed by atoms with Gasteiger partial charge in [-0.15, -0.1) is 11.3 Å². The van der Waals surface area contributed by atoms with Crippen molar-refractivity contribution in [3.05, 3.63) is 16.0 Å². The molecular weight excluding hydrogens is 338 g/mol. The number of carbonyl (C=O) groups excluding carboxylic acids is 2. The maximum absolute atomic E-state index is 12.1. The molecule has 5 nitrogen and oxygen atoms in total. The standard InChI is InChI=1S/C19H27NO4S/c1-11(21)6-5-7-15(22)20-17-16(18(23)24)13-9-8-12(19(2,3)4)10-14(13)25-17/h12H,5-10H2,1-4H3,(H,20,22)(H,23,24). The number of nitrogens with one attached hydrogen (secondary N) is 1. The van der Waals surface area contributed by atoms with E-state index in [0.29, 0.717) is 23.8 Å². The second-order valence-corrected chi connectivity index (χ2v) is 9.03. The summed E-state index contributed by atoms with van der Waals surface area (Å²) in [5.74, 6) is -0.640. The molecule has 0 aromatic carbocycles. The van der Waals surface area contributed by atoms with Gasteiger partial charge in [0.25, 0.3) is 0 Å². The summed E-state index contributed by atoms with van der Waals surface area (Å²) in [6, 6.07) is 0. The van der Waals surface area contributed by atoms with Crippen LogP contribution >= 0.6 is 11.3 Å². The summed E-state index contributed by atoms with van der Waals surface area (Å²) in [7, 11) is 0. The summed E-state index contributed by atoms with van der Waals surface area (Å²) >= 11 is 1.40. The van der Waals surface area contributed by atoms with Crippen LogP contribution in [0.25, 0.3) is 0 Å². The molecule has 0 bridgehead atoms. The summed E-state index contributed by atoms with van der Waals surface area (Å²) in [5.41, 5.74) is 1.32. The first kappa shape index (κ1) is 19.6. The molecule has 1 aromatic heterocycles. The molecule has 0 spiro atoms. The topological polar surface area (TPSA) is 83.5 Å². The molecule has 25 heavy (non-hydrogen) atoms. The molecule has 1 aliphatic carbocycles. The van der Waals surface area contributed by atoms with Gasteiger partial charge in [0.15, 0.2) is 0 Å². The Hall–Kier alpha value is -1.69. The van der Waals surface area contributed by atoms with E-state index < -0.39 is 5.97 Å². The Kier molecular flexibility index (Phi) is 6.03. The van der Waals surface area contributed by atoms with E-state index in [4.69, 9.17) is 0 Å². The van der Waals surface area contributed by atoms with E-state index in [1.54, 1.807) is 0 Å². The van der Waals surface area contributed by atoms with Gasteiger partial charge in [-0.2, -0.15) is 0 Å². The lowest BCUT2D eigenvalue weighted by Gasteiger charge is -2.33. The van der Waals surface area contributed by atoms with Crippen LogP contribution in [0.2, 0.25) is 0 Å². The van der Waals surface area contributed by atoms with Gasteiger partial charge in [0.2, 0.25) is 5.91 Å². The fourth-order valence-corrected chi connectivity index (χ4v) is 4.66. The molecule has 2 N–H and O–H groups in total. The van der Waals surface area contributed by atoms with Crippen LogP contribution in [-0.2, 0) is 22.4 Å². The predicted octanol–water partition coefficient (Wildman–Crippen LogP) is 4.30. The number of ketones is 1. The van der Waals surface area contributed by atoms with E-state index in [0.717, 1.165) is 29.7 Å². The van der Waals surface area contributed by atoms with Crippen LogP contribution in [0.15, 0.2) is 0 Å². The molecule has 0 fully saturated rings. The Morgan fingerprint density at radius 1 is 1.24 bits per heavy atom. The van der Waals surface area contributed by atoms with Gasteiger partial charge in [-0.3, -0.25) is 4.79 Å². The zero-order valence-corrected chi connectivity index (χ0v) is 16.2. The minimum absolute atomic E-state index is 0.0545. The fourth-order valence-electron chi connectivity index (χ4n) is 3.33. The third kappa shape index (κ3) is 4.91. The van der Waals surface area contributed by atoms with Crippen molar-refractivity contribution in [2.45, 2.75) is 66.2 Å². The summed E-state index contributed by atoms with van der Waals surface area (Å²) < 4.78 is 0. The lowest BCUT2D eigenvalue weighted by atomic mass is 9.72. The molecule has 0 saturated heterocycles. The van der Waals surface area contributed by atoms with Crippen molar-refractivity contribution < 1.29 is 19.5 Å². The molecule has 0 radical (unpaired) electrons. The lowest BCUT2D eigenvalue weighted by Crippen LogP contribution is -2.26. The summed E-state index contributed by atoms with van der Waals surface area (Å²) in [6.07, 6.45) is 3.67. The van der Waals surface area contributed by atoms with Gasteiger partial charge in [0.1, 0.15) is 10.8 Å². The summed E-state index contributed by atoms with van der Waals surface area (Å²) in [6.45, 7) is 8.14. The van der Waals surface area contributed by atoms with Gasteiger partial charge >= 0.3 is 5.97 Å². The van der Waals surface area contributed by atoms with Crippen molar-refractivity contribution in [3.63, 3.8) is 0 Å². The van der Waals surface area contributed by atoms with Crippen LogP contribution in [0.1, 0.15) is 74.2 Å². The quantitative estimate of drug-likeness (QED) is 0.787. The molecule has 1 atom stereocenters. The van der Waals surface area contributed by atoms with Gasteiger partial charge in [-0.05, 0) is 49.5 Å². The van der Waals surface area contributed by atoms with Crippen molar-refractivity contribution in [1.29, 1.82) is 0 Å². The second-order valence-electron chi connectivity index (χ2n) is 7.92. The molecule has 1 aliphatic rings. The number of Topliss-reactive ketones (excluding diaryl/α,β-unsaturated/α-hetero) is 1. The van der Waals surface area contributed by atoms with Crippen molar-refractivity contribution in [3.8, 4) is 0 Å². The van der Waals surface area contributed by atoms with Crippen LogP contribution in [0, 0.1) is 11.3 Å². The highest BCUT2D eigenvalue weighted by Crippen LogP contribution is 2.44. The maximum atomic E-state index is 12.1. The maximum Gasteiger partial charge on any atom is 0.339 e. The van der Waals surface area contributed by atoms with E-state index in [9.17, 15) is 19.5 Å². The van der Waals surface area contributed by atoms with Crippen LogP contribution in [0.4, 0.5) is 5.00 Å². The zero-order valence-electron chi connectivity index (χ0n) is 15.4. The Labute approximate surface area is 152 Å². The number of carboxylic acid groups (broad SMARTS) is 1. The number of carbonyl (C=O) groups is 3. The number of aromatic carboxylic acids is 1. The number of thiophene rings is 1. The summed E-state index contributed by atoms with van der Waals surface area (Å²) in [4.78, 5) is 35.9. The average molecular weight is 365 g/mol. The Bertz CT molecular complexity index is 684. The predicted molar refractivity (Wildman–Crippen MR) is 99.4 cm³/mol. The van der Waals surface area contributed by atoms with E-state index >= 15 is 0 Å². The molecule has 1 aromatic rings. The smallest absolute Gasteiger partial charge is 0.339 e. The summed E-state index contributed by atoms with van der Waals surface area (Å²) in [5, 5.41) is 12.8. The third-order valence-corrected chi connectivity index (χ3v) is 6.06. The molecular formula is C19H27NO4S. The third-order valence-electron chi connectivity index (χ3n) is 4.89. The number of fused-ring (bicyclic) bond motifs is 1. The monoisotopic (exact) mass is 365 g/mol. The fraction of sp³-hybridized carbons (Fsp3) is 0.632. The lowest BCUT2D eigenvalue weighted by molar-refractivity contribution is -0.117. The minimum atomic E-state index is -0.981.